The van der Waals surface area contributed by atoms with E-state index in [1.54, 1.807) is 7.11 Å². The number of phenolic OH excluding ortho intramolecular Hbond substituents is 1. The second kappa shape index (κ2) is 6.48. The number of aryl methyl sites for hydroxylation is 2. The second-order valence-electron chi connectivity index (χ2n) is 3.74. The minimum atomic E-state index is 0.365. The first-order chi connectivity index (χ1) is 7.65. The summed E-state index contributed by atoms with van der Waals surface area (Å²) >= 11 is 0. The Morgan fingerprint density at radius 3 is 2.38 bits per heavy atom. The smallest absolute Gasteiger partial charge is 0.121 e. The maximum Gasteiger partial charge on any atom is 0.121 e. The number of nitrogens with one attached hydrogen (secondary N) is 1. The molecule has 0 fully saturated rings. The molecule has 4 nitrogen and oxygen atoms in total. The molecule has 0 aliphatic heterocycles. The summed E-state index contributed by atoms with van der Waals surface area (Å²) in [6.45, 7) is 5.48. The third kappa shape index (κ3) is 3.81. The summed E-state index contributed by atoms with van der Waals surface area (Å²) in [6, 6.07) is 3.88. The molecule has 90 valence electrons. The predicted molar refractivity (Wildman–Crippen MR) is 62.2 cm³/mol. The topological polar surface area (TPSA) is 50.7 Å². The molecule has 4 heteroatoms. The minimum absolute atomic E-state index is 0.365. The molecule has 0 saturated carbocycles. The van der Waals surface area contributed by atoms with E-state index < -0.39 is 0 Å². The zero-order valence-corrected chi connectivity index (χ0v) is 10.0. The summed E-state index contributed by atoms with van der Waals surface area (Å²) < 4.78 is 4.85. The molecule has 0 aliphatic rings. The van der Waals surface area contributed by atoms with Crippen LogP contribution < -0.4 is 5.48 Å². The summed E-state index contributed by atoms with van der Waals surface area (Å²) in [4.78, 5) is 5.15. The SMILES string of the molecule is COCCONCc1cc(C)c(O)c(C)c1. The number of hydroxylamine groups is 1. The molecular formula is C12H19NO3. The Balaban J connectivity index is 2.43. The fourth-order valence-corrected chi connectivity index (χ4v) is 1.48. The van der Waals surface area contributed by atoms with Crippen molar-refractivity contribution in [2.45, 2.75) is 20.4 Å². The first kappa shape index (κ1) is 13.0. The van der Waals surface area contributed by atoms with Crippen molar-refractivity contribution in [2.75, 3.05) is 20.3 Å². The molecule has 2 N–H and O–H groups in total. The van der Waals surface area contributed by atoms with Gasteiger partial charge in [0, 0.05) is 13.7 Å². The lowest BCUT2D eigenvalue weighted by Crippen LogP contribution is -2.17. The summed E-state index contributed by atoms with van der Waals surface area (Å²) in [6.07, 6.45) is 0. The normalized spacial score (nSPS) is 10.7. The van der Waals surface area contributed by atoms with Crippen molar-refractivity contribution in [3.63, 3.8) is 0 Å². The molecule has 1 aromatic rings. The monoisotopic (exact) mass is 225 g/mol. The van der Waals surface area contributed by atoms with Gasteiger partial charge in [-0.15, -0.1) is 0 Å². The van der Waals surface area contributed by atoms with Gasteiger partial charge in [-0.05, 0) is 30.5 Å². The molecule has 0 atom stereocenters. The van der Waals surface area contributed by atoms with Crippen LogP contribution in [-0.2, 0) is 16.1 Å². The molecule has 1 rings (SSSR count). The Labute approximate surface area is 96.1 Å². The van der Waals surface area contributed by atoms with Gasteiger partial charge in [0.25, 0.3) is 0 Å². The van der Waals surface area contributed by atoms with Gasteiger partial charge in [-0.1, -0.05) is 12.1 Å². The number of hydrogen-bond acceptors (Lipinski definition) is 4. The van der Waals surface area contributed by atoms with Crippen LogP contribution >= 0.6 is 0 Å². The van der Waals surface area contributed by atoms with Crippen LogP contribution in [0, 0.1) is 13.8 Å². The van der Waals surface area contributed by atoms with Gasteiger partial charge in [0.05, 0.1) is 13.2 Å². The van der Waals surface area contributed by atoms with Crippen molar-refractivity contribution in [2.24, 2.45) is 0 Å². The van der Waals surface area contributed by atoms with E-state index in [4.69, 9.17) is 9.57 Å². The third-order valence-electron chi connectivity index (χ3n) is 2.32. The van der Waals surface area contributed by atoms with Crippen molar-refractivity contribution in [3.8, 4) is 5.75 Å². The highest BCUT2D eigenvalue weighted by atomic mass is 16.7. The number of ether oxygens (including phenoxy) is 1. The van der Waals surface area contributed by atoms with E-state index in [1.165, 1.54) is 0 Å². The fraction of sp³-hybridized carbons (Fsp3) is 0.500. The zero-order valence-electron chi connectivity index (χ0n) is 10.0. The van der Waals surface area contributed by atoms with Crippen LogP contribution in [0.25, 0.3) is 0 Å². The Kier molecular flexibility index (Phi) is 5.25. The van der Waals surface area contributed by atoms with E-state index in [-0.39, 0.29) is 0 Å². The molecule has 0 heterocycles. The molecule has 0 aromatic heterocycles. The highest BCUT2D eigenvalue weighted by Crippen LogP contribution is 2.22. The number of rotatable bonds is 6. The number of phenols is 1. The van der Waals surface area contributed by atoms with E-state index >= 15 is 0 Å². The van der Waals surface area contributed by atoms with Crippen LogP contribution in [0.3, 0.4) is 0 Å². The molecule has 16 heavy (non-hydrogen) atoms. The van der Waals surface area contributed by atoms with E-state index in [0.29, 0.717) is 25.5 Å². The second-order valence-corrected chi connectivity index (χ2v) is 3.74. The van der Waals surface area contributed by atoms with Crippen molar-refractivity contribution in [3.05, 3.63) is 28.8 Å². The summed E-state index contributed by atoms with van der Waals surface area (Å²) in [5.74, 6) is 0.365. The first-order valence-electron chi connectivity index (χ1n) is 5.28. The molecule has 0 radical (unpaired) electrons. The zero-order chi connectivity index (χ0) is 12.0. The maximum atomic E-state index is 9.60. The van der Waals surface area contributed by atoms with Crippen LogP contribution in [0.15, 0.2) is 12.1 Å². The van der Waals surface area contributed by atoms with Crippen molar-refractivity contribution in [1.29, 1.82) is 0 Å². The van der Waals surface area contributed by atoms with E-state index in [9.17, 15) is 5.11 Å². The van der Waals surface area contributed by atoms with Crippen LogP contribution in [-0.4, -0.2) is 25.4 Å². The Hall–Kier alpha value is -1.10. The lowest BCUT2D eigenvalue weighted by molar-refractivity contribution is 0.00345. The Morgan fingerprint density at radius 1 is 1.19 bits per heavy atom. The van der Waals surface area contributed by atoms with Gasteiger partial charge in [0.2, 0.25) is 0 Å². The highest BCUT2D eigenvalue weighted by Gasteiger charge is 2.02. The molecule has 0 amide bonds. The molecular weight excluding hydrogens is 206 g/mol. The average Bonchev–Trinajstić information content (AvgIpc) is 2.25. The number of hydrogen-bond donors (Lipinski definition) is 2. The van der Waals surface area contributed by atoms with E-state index in [2.05, 4.69) is 5.48 Å². The van der Waals surface area contributed by atoms with Crippen LogP contribution in [0.1, 0.15) is 16.7 Å². The molecule has 0 aliphatic carbocycles. The standard InChI is InChI=1S/C12H19NO3/c1-9-6-11(7-10(2)12(9)14)8-13-16-5-4-15-3/h6-7,13-14H,4-5,8H2,1-3H3. The van der Waals surface area contributed by atoms with Crippen LogP contribution in [0.5, 0.6) is 5.75 Å². The first-order valence-corrected chi connectivity index (χ1v) is 5.28. The van der Waals surface area contributed by atoms with Crippen LogP contribution in [0.4, 0.5) is 0 Å². The highest BCUT2D eigenvalue weighted by molar-refractivity contribution is 5.41. The molecule has 0 bridgehead atoms. The summed E-state index contributed by atoms with van der Waals surface area (Å²) in [5, 5.41) is 9.60. The molecule has 0 saturated heterocycles. The van der Waals surface area contributed by atoms with Gasteiger partial charge in [-0.2, -0.15) is 5.48 Å². The van der Waals surface area contributed by atoms with Gasteiger partial charge < -0.3 is 9.84 Å². The Morgan fingerprint density at radius 2 is 1.81 bits per heavy atom. The number of aromatic hydroxyl groups is 1. The number of methoxy groups -OCH3 is 1. The van der Waals surface area contributed by atoms with Gasteiger partial charge in [0.15, 0.2) is 0 Å². The maximum absolute atomic E-state index is 9.60. The van der Waals surface area contributed by atoms with Crippen molar-refractivity contribution >= 4 is 0 Å². The number of benzene rings is 1. The lowest BCUT2D eigenvalue weighted by Gasteiger charge is -2.09. The van der Waals surface area contributed by atoms with E-state index in [0.717, 1.165) is 16.7 Å². The molecule has 0 spiro atoms. The van der Waals surface area contributed by atoms with Gasteiger partial charge in [-0.3, -0.25) is 4.84 Å². The van der Waals surface area contributed by atoms with Gasteiger partial charge >= 0.3 is 0 Å². The van der Waals surface area contributed by atoms with Crippen LogP contribution in [0.2, 0.25) is 0 Å². The third-order valence-corrected chi connectivity index (χ3v) is 2.32. The minimum Gasteiger partial charge on any atom is -0.507 e. The quantitative estimate of drug-likeness (QED) is 0.571. The summed E-state index contributed by atoms with van der Waals surface area (Å²) in [7, 11) is 1.63. The van der Waals surface area contributed by atoms with Crippen molar-refractivity contribution in [1.82, 2.24) is 5.48 Å². The van der Waals surface area contributed by atoms with E-state index in [1.807, 2.05) is 26.0 Å². The molecule has 1 aromatic carbocycles. The fourth-order valence-electron chi connectivity index (χ4n) is 1.48. The Bertz CT molecular complexity index is 316. The lowest BCUT2D eigenvalue weighted by atomic mass is 10.1. The molecule has 0 unspecified atom stereocenters. The largest absolute Gasteiger partial charge is 0.507 e. The average molecular weight is 225 g/mol. The summed E-state index contributed by atoms with van der Waals surface area (Å²) in [5.41, 5.74) is 5.70. The van der Waals surface area contributed by atoms with Gasteiger partial charge in [-0.25, -0.2) is 0 Å². The van der Waals surface area contributed by atoms with Crippen molar-refractivity contribution < 1.29 is 14.7 Å². The van der Waals surface area contributed by atoms with Gasteiger partial charge in [0.1, 0.15) is 5.75 Å². The predicted octanol–water partition coefficient (Wildman–Crippen LogP) is 1.68.